The third-order valence-electron chi connectivity index (χ3n) is 6.67. The highest BCUT2D eigenvalue weighted by Gasteiger charge is 2.51. The molecule has 1 unspecified atom stereocenters. The first kappa shape index (κ1) is 22.4. The molecule has 3 aliphatic heterocycles. The summed E-state index contributed by atoms with van der Waals surface area (Å²) in [7, 11) is 1.20. The van der Waals surface area contributed by atoms with Crippen LogP contribution in [0.2, 0.25) is 0 Å². The van der Waals surface area contributed by atoms with Crippen molar-refractivity contribution in [2.75, 3.05) is 26.7 Å². The number of carbonyl (C=O) groups excluding carboxylic acids is 3. The fourth-order valence-electron chi connectivity index (χ4n) is 4.82. The van der Waals surface area contributed by atoms with Gasteiger partial charge in [0.05, 0.1) is 18.4 Å². The monoisotopic (exact) mass is 465 g/mol. The van der Waals surface area contributed by atoms with E-state index >= 15 is 0 Å². The number of esters is 1. The van der Waals surface area contributed by atoms with E-state index in [0.717, 1.165) is 23.6 Å². The van der Waals surface area contributed by atoms with Crippen molar-refractivity contribution >= 4 is 28.6 Å². The number of rotatable bonds is 5. The molecule has 0 bridgehead atoms. The summed E-state index contributed by atoms with van der Waals surface area (Å²) in [5.74, 6) is -1.73. The minimum absolute atomic E-state index is 0.0104. The lowest BCUT2D eigenvalue weighted by atomic mass is 9.95. The van der Waals surface area contributed by atoms with Crippen molar-refractivity contribution in [1.29, 1.82) is 0 Å². The maximum absolute atomic E-state index is 13.6. The molecule has 0 aliphatic carbocycles. The van der Waals surface area contributed by atoms with Gasteiger partial charge in [0.15, 0.2) is 6.04 Å². The molecule has 0 radical (unpaired) electrons. The van der Waals surface area contributed by atoms with E-state index in [-0.39, 0.29) is 17.4 Å². The summed E-state index contributed by atoms with van der Waals surface area (Å²) >= 11 is 0. The zero-order valence-electron chi connectivity index (χ0n) is 18.8. The molecule has 3 N–H and O–H groups in total. The number of carbonyl (C=O) groups is 3. The van der Waals surface area contributed by atoms with Crippen LogP contribution in [0.5, 0.6) is 0 Å². The summed E-state index contributed by atoms with van der Waals surface area (Å²) in [5.41, 5.74) is 0.556. The molecule has 3 heterocycles. The Morgan fingerprint density at radius 1 is 1.15 bits per heavy atom. The molecule has 178 valence electrons. The van der Waals surface area contributed by atoms with Crippen LogP contribution in [0.25, 0.3) is 10.8 Å². The zero-order valence-corrected chi connectivity index (χ0v) is 18.8. The van der Waals surface area contributed by atoms with Crippen molar-refractivity contribution in [1.82, 2.24) is 15.5 Å². The molecular formula is C25H27N3O6. The number of amides is 2. The van der Waals surface area contributed by atoms with Gasteiger partial charge in [0.2, 0.25) is 0 Å². The van der Waals surface area contributed by atoms with Crippen LogP contribution in [0.15, 0.2) is 53.7 Å². The maximum atomic E-state index is 13.6. The van der Waals surface area contributed by atoms with Crippen LogP contribution >= 0.6 is 0 Å². The van der Waals surface area contributed by atoms with E-state index in [9.17, 15) is 19.5 Å². The number of benzene rings is 2. The third-order valence-corrected chi connectivity index (χ3v) is 6.67. The summed E-state index contributed by atoms with van der Waals surface area (Å²) in [6.07, 6.45) is 0.0163. The Bertz CT molecular complexity index is 1170. The van der Waals surface area contributed by atoms with Gasteiger partial charge in [-0.1, -0.05) is 36.4 Å². The molecule has 5 rings (SSSR count). The van der Waals surface area contributed by atoms with Gasteiger partial charge in [-0.15, -0.1) is 0 Å². The minimum Gasteiger partial charge on any atom is -0.467 e. The lowest BCUT2D eigenvalue weighted by molar-refractivity contribution is -0.143. The largest absolute Gasteiger partial charge is 0.467 e. The first-order valence-electron chi connectivity index (χ1n) is 11.5. The fourth-order valence-corrected chi connectivity index (χ4v) is 4.82. The number of hydrogen-bond acceptors (Lipinski definition) is 7. The summed E-state index contributed by atoms with van der Waals surface area (Å²) < 4.78 is 10.5. The van der Waals surface area contributed by atoms with Crippen LogP contribution < -0.4 is 10.6 Å². The van der Waals surface area contributed by atoms with Gasteiger partial charge < -0.3 is 30.1 Å². The van der Waals surface area contributed by atoms with E-state index in [4.69, 9.17) is 9.47 Å². The van der Waals surface area contributed by atoms with E-state index in [1.165, 1.54) is 7.11 Å². The van der Waals surface area contributed by atoms with Crippen molar-refractivity contribution < 1.29 is 29.0 Å². The third kappa shape index (κ3) is 4.01. The highest BCUT2D eigenvalue weighted by Crippen LogP contribution is 2.34. The molecule has 2 aromatic carbocycles. The molecule has 0 aromatic heterocycles. The zero-order chi connectivity index (χ0) is 23.8. The number of fused-ring (bicyclic) bond motifs is 2. The van der Waals surface area contributed by atoms with E-state index in [1.54, 1.807) is 17.0 Å². The number of methoxy groups -OCH3 is 1. The van der Waals surface area contributed by atoms with Gasteiger partial charge in [0, 0.05) is 25.2 Å². The number of likely N-dealkylation sites (tertiary alicyclic amines) is 1. The lowest BCUT2D eigenvalue weighted by Crippen LogP contribution is -2.51. The number of epoxide rings is 1. The molecule has 9 nitrogen and oxygen atoms in total. The van der Waals surface area contributed by atoms with Crippen LogP contribution in [0.3, 0.4) is 0 Å². The van der Waals surface area contributed by atoms with E-state index in [1.807, 2.05) is 30.3 Å². The van der Waals surface area contributed by atoms with Crippen LogP contribution in [0.4, 0.5) is 0 Å². The second-order valence-corrected chi connectivity index (χ2v) is 8.75. The minimum atomic E-state index is -1.41. The first-order chi connectivity index (χ1) is 16.5. The summed E-state index contributed by atoms with van der Waals surface area (Å²) in [4.78, 5) is 41.6. The van der Waals surface area contributed by atoms with Gasteiger partial charge in [-0.25, -0.2) is 4.79 Å². The Kier molecular flexibility index (Phi) is 5.97. The molecule has 3 aliphatic rings. The highest BCUT2D eigenvalue weighted by molar-refractivity contribution is 6.10. The standard InChI is InChI=1S/C25H27N3O6/c1-33-25(32)20(27-23(30)16-10-6-8-14-7-2-3-9-15(14)16)18(24(31)28-11-4-5-12-28)19-21(29)22-17(34-22)13-26-19/h2-3,6-10,17,20-22,26,29H,4-5,11-13H2,1H3,(H,27,30)/b19-18+/t17-,20?,21-,22-/m1/s1. The molecule has 0 spiro atoms. The predicted molar refractivity (Wildman–Crippen MR) is 123 cm³/mol. The smallest absolute Gasteiger partial charge is 0.333 e. The summed E-state index contributed by atoms with van der Waals surface area (Å²) in [6, 6.07) is 11.3. The normalized spacial score (nSPS) is 25.7. The molecule has 4 atom stereocenters. The average Bonchev–Trinajstić information content (AvgIpc) is 3.46. The van der Waals surface area contributed by atoms with Crippen LogP contribution in [0, 0.1) is 0 Å². The Labute approximate surface area is 196 Å². The predicted octanol–water partition coefficient (Wildman–Crippen LogP) is 0.719. The van der Waals surface area contributed by atoms with Gasteiger partial charge in [-0.05, 0) is 29.7 Å². The molecule has 9 heteroatoms. The second kappa shape index (κ2) is 9.08. The topological polar surface area (TPSA) is 120 Å². The molecule has 34 heavy (non-hydrogen) atoms. The SMILES string of the molecule is COC(=O)C(NC(=O)c1cccc2ccccc12)/C(C(=O)N1CCCC1)=C1\NC[C@H]2O[C@H]2[C@@H]1O. The molecule has 0 saturated carbocycles. The Morgan fingerprint density at radius 2 is 1.88 bits per heavy atom. The van der Waals surface area contributed by atoms with Crippen molar-refractivity contribution in [3.05, 3.63) is 59.3 Å². The molecular weight excluding hydrogens is 438 g/mol. The Hall–Kier alpha value is -3.43. The maximum Gasteiger partial charge on any atom is 0.333 e. The molecule has 2 aromatic rings. The number of ether oxygens (including phenoxy) is 2. The van der Waals surface area contributed by atoms with E-state index < -0.39 is 36.0 Å². The number of hydrogen-bond donors (Lipinski definition) is 3. The number of aliphatic hydroxyl groups is 1. The molecule has 2 amide bonds. The number of aliphatic hydroxyl groups excluding tert-OH is 1. The van der Waals surface area contributed by atoms with E-state index in [2.05, 4.69) is 10.6 Å². The fraction of sp³-hybridized carbons (Fsp3) is 0.400. The number of piperidine rings is 1. The van der Waals surface area contributed by atoms with Gasteiger partial charge in [0.1, 0.15) is 18.3 Å². The quantitative estimate of drug-likeness (QED) is 0.338. The van der Waals surface area contributed by atoms with Crippen LogP contribution in [0.1, 0.15) is 23.2 Å². The Morgan fingerprint density at radius 3 is 2.65 bits per heavy atom. The van der Waals surface area contributed by atoms with Gasteiger partial charge >= 0.3 is 5.97 Å². The highest BCUT2D eigenvalue weighted by atomic mass is 16.6. The van der Waals surface area contributed by atoms with Crippen molar-refractivity contribution in [3.63, 3.8) is 0 Å². The summed E-state index contributed by atoms with van der Waals surface area (Å²) in [5, 5.41) is 18.2. The number of nitrogens with one attached hydrogen (secondary N) is 2. The molecule has 3 fully saturated rings. The first-order valence-corrected chi connectivity index (χ1v) is 11.5. The van der Waals surface area contributed by atoms with Crippen LogP contribution in [-0.4, -0.2) is 78.9 Å². The van der Waals surface area contributed by atoms with Gasteiger partial charge in [-0.3, -0.25) is 9.59 Å². The van der Waals surface area contributed by atoms with Gasteiger partial charge in [0.25, 0.3) is 11.8 Å². The van der Waals surface area contributed by atoms with Crippen molar-refractivity contribution in [2.24, 2.45) is 0 Å². The Balaban J connectivity index is 1.55. The van der Waals surface area contributed by atoms with Gasteiger partial charge in [-0.2, -0.15) is 0 Å². The number of nitrogens with zero attached hydrogens (tertiary/aromatic N) is 1. The molecule has 3 saturated heterocycles. The average molecular weight is 466 g/mol. The van der Waals surface area contributed by atoms with Crippen LogP contribution in [-0.2, 0) is 19.1 Å². The van der Waals surface area contributed by atoms with E-state index in [0.29, 0.717) is 25.2 Å². The van der Waals surface area contributed by atoms with Crippen molar-refractivity contribution in [2.45, 2.75) is 37.2 Å². The van der Waals surface area contributed by atoms with Crippen molar-refractivity contribution in [3.8, 4) is 0 Å². The summed E-state index contributed by atoms with van der Waals surface area (Å²) in [6.45, 7) is 1.48. The second-order valence-electron chi connectivity index (χ2n) is 8.75. The lowest BCUT2D eigenvalue weighted by Gasteiger charge is -2.29.